The molecule has 158 valence electrons. The standard InChI is InChI=1S/C31H23NO/c1-21-20-32-29(19-27(21)24-11-6-3-7-12-24)26-14-8-13-25-28-18-23(15-16-30(28)33-31(25)26)17-22-9-4-2-5-10-22/h2-16,18-20H,17H2,1H3/i1D3,17D2. The van der Waals surface area contributed by atoms with Crippen molar-refractivity contribution < 1.29 is 11.3 Å². The average Bonchev–Trinajstić information content (AvgIpc) is 3.31. The zero-order valence-corrected chi connectivity index (χ0v) is 17.7. The molecule has 0 atom stereocenters. The summed E-state index contributed by atoms with van der Waals surface area (Å²) in [6.07, 6.45) is -0.243. The van der Waals surface area contributed by atoms with E-state index in [2.05, 4.69) is 4.98 Å². The van der Waals surface area contributed by atoms with E-state index in [1.807, 2.05) is 72.8 Å². The molecule has 0 saturated heterocycles. The van der Waals surface area contributed by atoms with Crippen molar-refractivity contribution >= 4 is 21.9 Å². The maximum absolute atomic E-state index is 8.78. The Bertz CT molecular complexity index is 1770. The highest BCUT2D eigenvalue weighted by Gasteiger charge is 2.15. The summed E-state index contributed by atoms with van der Waals surface area (Å²) >= 11 is 0. The summed E-state index contributed by atoms with van der Waals surface area (Å²) < 4.78 is 47.9. The molecule has 2 aromatic heterocycles. The number of hydrogen-bond acceptors (Lipinski definition) is 2. The van der Waals surface area contributed by atoms with E-state index in [-0.39, 0.29) is 5.56 Å². The van der Waals surface area contributed by atoms with Crippen LogP contribution in [0.25, 0.3) is 44.3 Å². The van der Waals surface area contributed by atoms with Crippen molar-refractivity contribution in [1.82, 2.24) is 4.98 Å². The third kappa shape index (κ3) is 3.60. The topological polar surface area (TPSA) is 26.0 Å². The molecule has 6 rings (SSSR count). The molecule has 0 saturated carbocycles. The van der Waals surface area contributed by atoms with Crippen molar-refractivity contribution in [3.63, 3.8) is 0 Å². The summed E-state index contributed by atoms with van der Waals surface area (Å²) in [5.74, 6) is 0. The Balaban J connectivity index is 1.52. The van der Waals surface area contributed by atoms with Gasteiger partial charge in [-0.05, 0) is 65.3 Å². The Kier molecular flexibility index (Phi) is 3.62. The molecule has 0 bridgehead atoms. The number of aryl methyl sites for hydroxylation is 1. The third-order valence-corrected chi connectivity index (χ3v) is 5.82. The summed E-state index contributed by atoms with van der Waals surface area (Å²) in [5, 5.41) is 1.65. The fourth-order valence-electron chi connectivity index (χ4n) is 4.23. The molecule has 33 heavy (non-hydrogen) atoms. The molecule has 2 heterocycles. The van der Waals surface area contributed by atoms with Gasteiger partial charge in [0.05, 0.1) is 5.69 Å². The zero-order valence-electron chi connectivity index (χ0n) is 22.7. The highest BCUT2D eigenvalue weighted by atomic mass is 16.3. The second-order valence-corrected chi connectivity index (χ2v) is 7.97. The first-order chi connectivity index (χ1) is 18.2. The number of furan rings is 1. The molecule has 4 aromatic carbocycles. The van der Waals surface area contributed by atoms with Gasteiger partial charge in [0.2, 0.25) is 0 Å². The van der Waals surface area contributed by atoms with Crippen LogP contribution in [0.2, 0.25) is 0 Å². The normalized spacial score (nSPS) is 14.4. The fourth-order valence-corrected chi connectivity index (χ4v) is 4.23. The quantitative estimate of drug-likeness (QED) is 0.282. The Morgan fingerprint density at radius 2 is 1.58 bits per heavy atom. The van der Waals surface area contributed by atoms with Crippen LogP contribution >= 0.6 is 0 Å². The van der Waals surface area contributed by atoms with E-state index in [9.17, 15) is 0 Å². The van der Waals surface area contributed by atoms with Gasteiger partial charge < -0.3 is 4.42 Å². The maximum atomic E-state index is 8.78. The van der Waals surface area contributed by atoms with Crippen LogP contribution in [0, 0.1) is 6.85 Å². The van der Waals surface area contributed by atoms with Crippen LogP contribution in [0.1, 0.15) is 23.5 Å². The lowest BCUT2D eigenvalue weighted by atomic mass is 9.98. The highest BCUT2D eigenvalue weighted by Crippen LogP contribution is 2.37. The molecule has 0 aliphatic carbocycles. The van der Waals surface area contributed by atoms with E-state index in [1.54, 1.807) is 30.3 Å². The van der Waals surface area contributed by atoms with Crippen LogP contribution in [0.4, 0.5) is 0 Å². The lowest BCUT2D eigenvalue weighted by Gasteiger charge is -2.09. The van der Waals surface area contributed by atoms with Crippen molar-refractivity contribution in [3.05, 3.63) is 126 Å². The van der Waals surface area contributed by atoms with Crippen molar-refractivity contribution in [2.75, 3.05) is 0 Å². The molecule has 0 aliphatic heterocycles. The Morgan fingerprint density at radius 1 is 0.758 bits per heavy atom. The minimum absolute atomic E-state index is 0.192. The molecule has 0 aliphatic rings. The van der Waals surface area contributed by atoms with E-state index < -0.39 is 13.2 Å². The van der Waals surface area contributed by atoms with Crippen LogP contribution < -0.4 is 0 Å². The van der Waals surface area contributed by atoms with E-state index >= 15 is 0 Å². The number of benzene rings is 4. The van der Waals surface area contributed by atoms with Gasteiger partial charge in [-0.3, -0.25) is 4.98 Å². The highest BCUT2D eigenvalue weighted by molar-refractivity contribution is 6.09. The lowest BCUT2D eigenvalue weighted by Crippen LogP contribution is -1.90. The fraction of sp³-hybridized carbons (Fsp3) is 0.0645. The molecule has 2 nitrogen and oxygen atoms in total. The minimum Gasteiger partial charge on any atom is -0.455 e. The lowest BCUT2D eigenvalue weighted by molar-refractivity contribution is 0.669. The van der Waals surface area contributed by atoms with Gasteiger partial charge >= 0.3 is 0 Å². The molecule has 2 heteroatoms. The number of rotatable bonds is 4. The van der Waals surface area contributed by atoms with Gasteiger partial charge in [-0.25, -0.2) is 0 Å². The summed E-state index contributed by atoms with van der Waals surface area (Å²) in [5.41, 5.74) is 5.30. The predicted molar refractivity (Wildman–Crippen MR) is 136 cm³/mol. The van der Waals surface area contributed by atoms with Crippen molar-refractivity contribution in [1.29, 1.82) is 0 Å². The van der Waals surface area contributed by atoms with Crippen LogP contribution in [-0.4, -0.2) is 4.98 Å². The maximum Gasteiger partial charge on any atom is 0.144 e. The summed E-state index contributed by atoms with van der Waals surface area (Å²) in [6, 6.07) is 31.5. The van der Waals surface area contributed by atoms with Crippen LogP contribution in [0.5, 0.6) is 0 Å². The molecule has 6 aromatic rings. The number of hydrogen-bond donors (Lipinski definition) is 0. The number of aromatic nitrogens is 1. The second-order valence-electron chi connectivity index (χ2n) is 7.97. The van der Waals surface area contributed by atoms with Gasteiger partial charge in [0.1, 0.15) is 11.2 Å². The van der Waals surface area contributed by atoms with Gasteiger partial charge in [-0.1, -0.05) is 78.9 Å². The van der Waals surface area contributed by atoms with Crippen molar-refractivity contribution in [2.45, 2.75) is 13.2 Å². The Morgan fingerprint density at radius 3 is 2.39 bits per heavy atom. The molecule has 0 spiro atoms. The van der Waals surface area contributed by atoms with Crippen molar-refractivity contribution in [3.8, 4) is 22.4 Å². The first-order valence-corrected chi connectivity index (χ1v) is 10.8. The number of fused-ring (bicyclic) bond motifs is 3. The minimum atomic E-state index is -2.31. The van der Waals surface area contributed by atoms with Crippen molar-refractivity contribution in [2.24, 2.45) is 0 Å². The summed E-state index contributed by atoms with van der Waals surface area (Å²) in [7, 11) is 0. The smallest absolute Gasteiger partial charge is 0.144 e. The van der Waals surface area contributed by atoms with E-state index in [0.29, 0.717) is 33.6 Å². The molecule has 0 unspecified atom stereocenters. The van der Waals surface area contributed by atoms with E-state index in [1.165, 1.54) is 6.20 Å². The largest absolute Gasteiger partial charge is 0.455 e. The van der Waals surface area contributed by atoms with Crippen LogP contribution in [-0.2, 0) is 6.37 Å². The first-order valence-electron chi connectivity index (χ1n) is 13.3. The summed E-state index contributed by atoms with van der Waals surface area (Å²) in [4.78, 5) is 4.54. The van der Waals surface area contributed by atoms with Gasteiger partial charge in [-0.15, -0.1) is 0 Å². The molecule has 0 radical (unpaired) electrons. The molecule has 0 N–H and O–H groups in total. The van der Waals surface area contributed by atoms with Crippen LogP contribution in [0.15, 0.2) is 114 Å². The second kappa shape index (κ2) is 8.07. The van der Waals surface area contributed by atoms with Gasteiger partial charge in [0.25, 0.3) is 0 Å². The predicted octanol–water partition coefficient (Wildman–Crippen LogP) is 8.21. The molecular weight excluding hydrogens is 402 g/mol. The summed E-state index contributed by atoms with van der Waals surface area (Å²) in [6.45, 7) is -2.31. The molecular formula is C31H23NO. The SMILES string of the molecule is [2H]C([2H])([2H])c1cnc(-c2cccc3c2oc2ccc(C([2H])([2H])c4ccccc4)cc23)cc1-c1ccccc1. The third-order valence-electron chi connectivity index (χ3n) is 5.82. The number of pyridine rings is 1. The van der Waals surface area contributed by atoms with Gasteiger partial charge in [0, 0.05) is 29.4 Å². The Labute approximate surface area is 200 Å². The number of para-hydroxylation sites is 1. The van der Waals surface area contributed by atoms with E-state index in [4.69, 9.17) is 11.3 Å². The van der Waals surface area contributed by atoms with Crippen LogP contribution in [0.3, 0.4) is 0 Å². The Hall–Kier alpha value is -4.17. The number of nitrogens with zero attached hydrogens (tertiary/aromatic N) is 1. The van der Waals surface area contributed by atoms with Gasteiger partial charge in [0.15, 0.2) is 0 Å². The van der Waals surface area contributed by atoms with E-state index in [0.717, 1.165) is 21.9 Å². The molecule has 0 amide bonds. The molecule has 0 fully saturated rings. The average molecular weight is 431 g/mol. The van der Waals surface area contributed by atoms with Gasteiger partial charge in [-0.2, -0.15) is 0 Å². The first kappa shape index (κ1) is 14.8. The monoisotopic (exact) mass is 430 g/mol. The zero-order chi connectivity index (χ0) is 26.5.